The molecule has 199 valence electrons. The van der Waals surface area contributed by atoms with E-state index >= 15 is 0 Å². The smallest absolute Gasteiger partial charge is 0.400 e. The fraction of sp³-hybridized carbons (Fsp3) is 0.368. The summed E-state index contributed by atoms with van der Waals surface area (Å²) < 4.78 is 0. The van der Waals surface area contributed by atoms with Crippen LogP contribution in [0.5, 0.6) is 0 Å². The summed E-state index contributed by atoms with van der Waals surface area (Å²) in [6, 6.07) is 12.2. The second-order valence-corrected chi connectivity index (χ2v) is 6.16. The molecular weight excluding hydrogens is 626 g/mol. The van der Waals surface area contributed by atoms with E-state index in [1.165, 1.54) is 12.8 Å². The average molecular weight is 651 g/mol. The predicted octanol–water partition coefficient (Wildman–Crippen LogP) is 2.22. The molecule has 2 atom stereocenters. The van der Waals surface area contributed by atoms with Crippen LogP contribution in [-0.4, -0.2) is 62.0 Å². The third-order valence-corrected chi connectivity index (χ3v) is 3.87. The third kappa shape index (κ3) is 27.0. The molecule has 1 fully saturated rings. The summed E-state index contributed by atoms with van der Waals surface area (Å²) in [6.45, 7) is 0. The number of hydrogen-bond donors (Lipinski definition) is 1. The molecule has 37 heavy (non-hydrogen) atoms. The summed E-state index contributed by atoms with van der Waals surface area (Å²) in [5, 5.41) is 51.2. The molecule has 1 saturated carbocycles. The number of aliphatic imine (C=N–C) groups is 2. The van der Waals surface area contributed by atoms with Gasteiger partial charge < -0.3 is 51.1 Å². The molecule has 0 saturated heterocycles. The molecule has 18 heteroatoms. The Morgan fingerprint density at radius 3 is 1.27 bits per heavy atom. The van der Waals surface area contributed by atoms with Gasteiger partial charge in [-0.05, 0) is 37.1 Å². The first-order valence-electron chi connectivity index (χ1n) is 9.89. The van der Waals surface area contributed by atoms with Crippen LogP contribution < -0.4 is 0 Å². The van der Waals surface area contributed by atoms with Gasteiger partial charge in [0, 0.05) is 31.9 Å². The van der Waals surface area contributed by atoms with Gasteiger partial charge in [0.05, 0.1) is 38.7 Å². The summed E-state index contributed by atoms with van der Waals surface area (Å²) in [6.07, 6.45) is 12.0. The van der Waals surface area contributed by atoms with E-state index in [-0.39, 0.29) is 53.8 Å². The average Bonchev–Trinajstić information content (AvgIpc) is 2.83. The zero-order chi connectivity index (χ0) is 27.8. The van der Waals surface area contributed by atoms with E-state index in [2.05, 4.69) is 9.97 Å². The van der Waals surface area contributed by atoms with Crippen LogP contribution in [0.2, 0.25) is 0 Å². The van der Waals surface area contributed by atoms with Crippen LogP contribution in [0.3, 0.4) is 0 Å². The first kappa shape index (κ1) is 38.1. The molecule has 2 aromatic rings. The van der Waals surface area contributed by atoms with E-state index < -0.39 is 15.3 Å². The van der Waals surface area contributed by atoms with Crippen LogP contribution in [0.25, 0.3) is 0 Å². The van der Waals surface area contributed by atoms with Crippen molar-refractivity contribution in [2.75, 3.05) is 7.11 Å². The number of aliphatic hydroxyl groups excluding tert-OH is 1. The minimum absolute atomic E-state index is 0. The van der Waals surface area contributed by atoms with Gasteiger partial charge in [-0.1, -0.05) is 25.0 Å². The van der Waals surface area contributed by atoms with Crippen molar-refractivity contribution in [1.29, 1.82) is 0 Å². The topological polar surface area (TPSA) is 269 Å². The largest absolute Gasteiger partial charge is 3.00 e. The molecule has 17 nitrogen and oxygen atoms in total. The van der Waals surface area contributed by atoms with Crippen LogP contribution >= 0.6 is 0 Å². The van der Waals surface area contributed by atoms with Crippen molar-refractivity contribution in [1.82, 2.24) is 9.97 Å². The molecule has 0 amide bonds. The summed E-state index contributed by atoms with van der Waals surface area (Å²) in [5.41, 5.74) is 1.81. The maximum absolute atomic E-state index is 8.25. The van der Waals surface area contributed by atoms with Gasteiger partial charge in [0.15, 0.2) is 0 Å². The summed E-state index contributed by atoms with van der Waals surface area (Å²) in [7, 11) is 1.00. The Balaban J connectivity index is -0.000000646. The summed E-state index contributed by atoms with van der Waals surface area (Å²) in [5.74, 6) is 0. The normalized spacial score (nSPS) is 15.4. The SMILES string of the molecule is C(=N[C@H]1CCCC[C@@H]1N=Cc1ccccn1)c1ccccn1.CO.O=[N+]([O-])[O-].O=[N+]([O-])[O-].O=[N+]([O-])[O-].[Ce+3]. The third-order valence-electron chi connectivity index (χ3n) is 3.87. The molecule has 1 aliphatic rings. The van der Waals surface area contributed by atoms with Gasteiger partial charge in [-0.3, -0.25) is 20.0 Å². The summed E-state index contributed by atoms with van der Waals surface area (Å²) >= 11 is 0. The summed E-state index contributed by atoms with van der Waals surface area (Å²) in [4.78, 5) is 42.8. The Hall–Kier alpha value is -3.42. The van der Waals surface area contributed by atoms with E-state index in [1.54, 1.807) is 12.4 Å². The van der Waals surface area contributed by atoms with Crippen molar-refractivity contribution in [2.45, 2.75) is 37.8 Å². The minimum atomic E-state index is -1.75. The Bertz CT molecular complexity index is 826. The van der Waals surface area contributed by atoms with Crippen LogP contribution in [0, 0.1) is 87.7 Å². The zero-order valence-corrected chi connectivity index (χ0v) is 22.6. The quantitative estimate of drug-likeness (QED) is 0.283. The molecule has 0 unspecified atom stereocenters. The first-order chi connectivity index (χ1) is 17.1. The van der Waals surface area contributed by atoms with Gasteiger partial charge in [-0.25, -0.2) is 0 Å². The van der Waals surface area contributed by atoms with E-state index in [1.807, 2.05) is 48.8 Å². The Labute approximate surface area is 244 Å². The van der Waals surface area contributed by atoms with Gasteiger partial charge in [0.25, 0.3) is 0 Å². The predicted molar refractivity (Wildman–Crippen MR) is 129 cm³/mol. The van der Waals surface area contributed by atoms with E-state index in [9.17, 15) is 0 Å². The molecule has 2 aromatic heterocycles. The molecule has 3 rings (SSSR count). The zero-order valence-electron chi connectivity index (χ0n) is 19.5. The van der Waals surface area contributed by atoms with Crippen LogP contribution in [0.15, 0.2) is 58.8 Å². The molecule has 1 radical (unpaired) electrons. The number of pyridine rings is 2. The molecule has 0 aliphatic heterocycles. The number of nitrogens with zero attached hydrogens (tertiary/aromatic N) is 7. The van der Waals surface area contributed by atoms with Crippen molar-refractivity contribution >= 4 is 12.4 Å². The van der Waals surface area contributed by atoms with E-state index in [0.717, 1.165) is 31.3 Å². The molecule has 0 bridgehead atoms. The monoisotopic (exact) mass is 650 g/mol. The maximum Gasteiger partial charge on any atom is 3.00 e. The van der Waals surface area contributed by atoms with Gasteiger partial charge in [0.1, 0.15) is 0 Å². The number of rotatable bonds is 4. The Morgan fingerprint density at radius 2 is 1.03 bits per heavy atom. The van der Waals surface area contributed by atoms with Crippen LogP contribution in [0.4, 0.5) is 0 Å². The van der Waals surface area contributed by atoms with Crippen molar-refractivity contribution in [3.8, 4) is 0 Å². The van der Waals surface area contributed by atoms with Crippen molar-refractivity contribution < 1.29 is 62.1 Å². The maximum atomic E-state index is 8.25. The van der Waals surface area contributed by atoms with Gasteiger partial charge in [0.2, 0.25) is 0 Å². The van der Waals surface area contributed by atoms with Gasteiger partial charge in [-0.15, -0.1) is 0 Å². The fourth-order valence-electron chi connectivity index (χ4n) is 2.69. The van der Waals surface area contributed by atoms with Gasteiger partial charge >= 0.3 is 41.7 Å². The standard InChI is InChI=1S/C18H20N4.CH4O.Ce.3NO3/c1-2-10-18(22-14-16-8-4-6-12-20-16)17(9-1)21-13-15-7-3-5-11-19-15;1-2;;3*2-1(3)4/h3-8,11-14,17-18H,1-2,9-10H2;2H,1H3;;;;/q;;+3;3*-1/t17-,18-;;;;;/m0...../s1. The molecule has 0 aromatic carbocycles. The minimum Gasteiger partial charge on any atom is -0.400 e. The number of aromatic nitrogens is 2. The molecule has 2 heterocycles. The second kappa shape index (κ2) is 25.7. The number of hydrogen-bond acceptors (Lipinski definition) is 14. The molecule has 0 spiro atoms. The van der Waals surface area contributed by atoms with Crippen LogP contribution in [0.1, 0.15) is 37.1 Å². The number of aliphatic hydroxyl groups is 1. The molecule has 1 aliphatic carbocycles. The van der Waals surface area contributed by atoms with Gasteiger partial charge in [-0.2, -0.15) is 0 Å². The van der Waals surface area contributed by atoms with Crippen molar-refractivity contribution in [3.05, 3.63) is 106 Å². The first-order valence-corrected chi connectivity index (χ1v) is 9.89. The van der Waals surface area contributed by atoms with E-state index in [0.29, 0.717) is 0 Å². The van der Waals surface area contributed by atoms with E-state index in [4.69, 9.17) is 61.1 Å². The van der Waals surface area contributed by atoms with Crippen molar-refractivity contribution in [2.24, 2.45) is 9.98 Å². The molecule has 1 N–H and O–H groups in total. The molecular formula is C19H24CeN7O10. The second-order valence-electron chi connectivity index (χ2n) is 6.16. The van der Waals surface area contributed by atoms with Crippen molar-refractivity contribution in [3.63, 3.8) is 0 Å². The fourth-order valence-corrected chi connectivity index (χ4v) is 2.69. The van der Waals surface area contributed by atoms with Crippen LogP contribution in [-0.2, 0) is 0 Å². The Kier molecular flexibility index (Phi) is 26.4. The Morgan fingerprint density at radius 1 is 0.730 bits per heavy atom.